The van der Waals surface area contributed by atoms with Crippen LogP contribution < -0.4 is 15.4 Å². The maximum atomic E-state index is 13.9. The van der Waals surface area contributed by atoms with E-state index in [2.05, 4.69) is 15.5 Å². The van der Waals surface area contributed by atoms with Gasteiger partial charge in [0.05, 0.1) is 5.60 Å². The number of ether oxygens (including phenoxy) is 2. The third-order valence-electron chi connectivity index (χ3n) is 9.50. The highest BCUT2D eigenvalue weighted by molar-refractivity contribution is 6.00. The lowest BCUT2D eigenvalue weighted by Crippen LogP contribution is -2.73. The van der Waals surface area contributed by atoms with E-state index in [9.17, 15) is 19.5 Å². The van der Waals surface area contributed by atoms with Crippen LogP contribution in [0.4, 0.5) is 0 Å². The largest absolute Gasteiger partial charge is 0.457 e. The second-order valence-electron chi connectivity index (χ2n) is 12.5. The summed E-state index contributed by atoms with van der Waals surface area (Å²) in [5.41, 5.74) is -0.0665. The molecule has 3 fully saturated rings. The zero-order valence-electron chi connectivity index (χ0n) is 26.4. The van der Waals surface area contributed by atoms with Crippen LogP contribution in [0.5, 0.6) is 11.5 Å². The van der Waals surface area contributed by atoms with Gasteiger partial charge in [0.15, 0.2) is 0 Å². The van der Waals surface area contributed by atoms with Gasteiger partial charge in [-0.05, 0) is 74.1 Å². The highest BCUT2D eigenvalue weighted by Gasteiger charge is 2.54. The van der Waals surface area contributed by atoms with Crippen molar-refractivity contribution in [1.82, 2.24) is 20.4 Å². The zero-order chi connectivity index (χ0) is 31.2. The molecule has 1 aliphatic carbocycles. The maximum Gasteiger partial charge on any atom is 0.251 e. The topological polar surface area (TPSA) is 120 Å². The predicted octanol–water partition coefficient (Wildman–Crippen LogP) is 4.04. The van der Waals surface area contributed by atoms with Crippen LogP contribution in [0, 0.1) is 0 Å². The molecule has 3 amide bonds. The van der Waals surface area contributed by atoms with Crippen molar-refractivity contribution in [3.05, 3.63) is 59.7 Å². The van der Waals surface area contributed by atoms with E-state index in [-0.39, 0.29) is 36.5 Å². The van der Waals surface area contributed by atoms with Crippen molar-refractivity contribution in [2.24, 2.45) is 0 Å². The molecule has 2 aromatic carbocycles. The summed E-state index contributed by atoms with van der Waals surface area (Å²) in [7, 11) is 3.24. The Bertz CT molecular complexity index is 1290. The molecule has 1 atom stereocenters. The Hall–Kier alpha value is -3.18. The van der Waals surface area contributed by atoms with Gasteiger partial charge in [-0.2, -0.15) is 0 Å². The van der Waals surface area contributed by atoms with E-state index < -0.39 is 17.2 Å². The Balaban J connectivity index is 0.00000461. The molecule has 2 heterocycles. The highest BCUT2D eigenvalue weighted by Crippen LogP contribution is 2.37. The van der Waals surface area contributed by atoms with Crippen molar-refractivity contribution in [2.75, 3.05) is 40.4 Å². The Morgan fingerprint density at radius 1 is 0.978 bits per heavy atom. The van der Waals surface area contributed by atoms with Crippen molar-refractivity contribution in [3.63, 3.8) is 0 Å². The maximum absolute atomic E-state index is 13.9. The molecule has 0 aromatic heterocycles. The molecule has 3 N–H and O–H groups in total. The van der Waals surface area contributed by atoms with Crippen LogP contribution >= 0.6 is 12.4 Å². The number of rotatable bonds is 11. The minimum Gasteiger partial charge on any atom is -0.457 e. The van der Waals surface area contributed by atoms with Crippen molar-refractivity contribution >= 4 is 30.1 Å². The first-order valence-corrected chi connectivity index (χ1v) is 15.9. The molecular weight excluding hydrogens is 596 g/mol. The molecule has 0 bridgehead atoms. The summed E-state index contributed by atoms with van der Waals surface area (Å²) in [5, 5.41) is 16.8. The molecule has 0 radical (unpaired) electrons. The van der Waals surface area contributed by atoms with Gasteiger partial charge in [0, 0.05) is 58.9 Å². The quantitative estimate of drug-likeness (QED) is 0.317. The van der Waals surface area contributed by atoms with Crippen LogP contribution in [0.25, 0.3) is 0 Å². The number of methoxy groups -OCH3 is 1. The molecule has 2 aromatic rings. The lowest BCUT2D eigenvalue weighted by molar-refractivity contribution is -0.163. The molecule has 2 aliphatic heterocycles. The van der Waals surface area contributed by atoms with Crippen LogP contribution in [-0.2, 0) is 20.9 Å². The molecule has 3 aliphatic rings. The normalized spacial score (nSPS) is 21.1. The van der Waals surface area contributed by atoms with Gasteiger partial charge in [0.25, 0.3) is 5.91 Å². The van der Waals surface area contributed by atoms with E-state index in [0.29, 0.717) is 75.4 Å². The molecular formula is C34H47ClN4O6. The first kappa shape index (κ1) is 34.7. The first-order valence-electron chi connectivity index (χ1n) is 15.9. The van der Waals surface area contributed by atoms with E-state index in [0.717, 1.165) is 31.4 Å². The second kappa shape index (κ2) is 15.4. The summed E-state index contributed by atoms with van der Waals surface area (Å²) >= 11 is 0. The summed E-state index contributed by atoms with van der Waals surface area (Å²) in [6.45, 7) is 3.08. The van der Waals surface area contributed by atoms with Gasteiger partial charge in [-0.25, -0.2) is 0 Å². The van der Waals surface area contributed by atoms with Gasteiger partial charge in [0.1, 0.15) is 23.1 Å². The number of benzene rings is 2. The van der Waals surface area contributed by atoms with Gasteiger partial charge in [-0.1, -0.05) is 31.4 Å². The fourth-order valence-corrected chi connectivity index (χ4v) is 6.95. The van der Waals surface area contributed by atoms with E-state index >= 15 is 0 Å². The van der Waals surface area contributed by atoms with Crippen LogP contribution in [0.2, 0.25) is 0 Å². The van der Waals surface area contributed by atoms with Crippen molar-refractivity contribution in [1.29, 1.82) is 0 Å². The van der Waals surface area contributed by atoms with E-state index in [1.165, 1.54) is 0 Å². The number of carbonyl (C=O) groups is 3. The second-order valence-corrected chi connectivity index (χ2v) is 12.5. The Morgan fingerprint density at radius 2 is 1.60 bits per heavy atom. The molecule has 10 nitrogen and oxygen atoms in total. The van der Waals surface area contributed by atoms with Crippen LogP contribution in [0.15, 0.2) is 48.5 Å². The number of amides is 3. The number of aliphatic hydroxyl groups is 1. The number of halogens is 1. The average molecular weight is 643 g/mol. The Labute approximate surface area is 272 Å². The monoisotopic (exact) mass is 642 g/mol. The van der Waals surface area contributed by atoms with E-state index in [4.69, 9.17) is 9.47 Å². The fourth-order valence-electron chi connectivity index (χ4n) is 6.95. The smallest absolute Gasteiger partial charge is 0.251 e. The van der Waals surface area contributed by atoms with Crippen LogP contribution in [0.1, 0.15) is 73.7 Å². The molecule has 0 unspecified atom stereocenters. The highest BCUT2D eigenvalue weighted by atomic mass is 35.5. The number of carbonyl (C=O) groups excluding carboxylic acids is 3. The van der Waals surface area contributed by atoms with Crippen molar-refractivity contribution in [2.45, 2.75) is 81.5 Å². The number of piperidine rings is 1. The Morgan fingerprint density at radius 3 is 2.20 bits per heavy atom. The lowest BCUT2D eigenvalue weighted by Gasteiger charge is -2.52. The molecule has 45 heavy (non-hydrogen) atoms. The molecule has 246 valence electrons. The molecule has 5 rings (SSSR count). The average Bonchev–Trinajstić information content (AvgIpc) is 3.03. The Kier molecular flexibility index (Phi) is 11.9. The predicted molar refractivity (Wildman–Crippen MR) is 174 cm³/mol. The zero-order valence-corrected chi connectivity index (χ0v) is 27.2. The van der Waals surface area contributed by atoms with Crippen LogP contribution in [-0.4, -0.2) is 90.2 Å². The summed E-state index contributed by atoms with van der Waals surface area (Å²) in [4.78, 5) is 43.5. The first-order chi connectivity index (χ1) is 21.2. The van der Waals surface area contributed by atoms with Crippen molar-refractivity contribution in [3.8, 4) is 11.5 Å². The summed E-state index contributed by atoms with van der Waals surface area (Å²) in [6.07, 6.45) is 6.41. The van der Waals surface area contributed by atoms with Gasteiger partial charge in [-0.15, -0.1) is 12.4 Å². The third-order valence-corrected chi connectivity index (χ3v) is 9.50. The van der Waals surface area contributed by atoms with E-state index in [1.807, 2.05) is 29.2 Å². The van der Waals surface area contributed by atoms with E-state index in [1.54, 1.807) is 38.4 Å². The summed E-state index contributed by atoms with van der Waals surface area (Å²) in [5.74, 6) is 1.04. The van der Waals surface area contributed by atoms with Gasteiger partial charge in [0.2, 0.25) is 11.8 Å². The molecule has 1 saturated carbocycles. The van der Waals surface area contributed by atoms with Gasteiger partial charge < -0.3 is 30.1 Å². The van der Waals surface area contributed by atoms with Gasteiger partial charge >= 0.3 is 0 Å². The van der Waals surface area contributed by atoms with Crippen LogP contribution in [0.3, 0.4) is 0 Å². The van der Waals surface area contributed by atoms with Gasteiger partial charge in [-0.3, -0.25) is 19.3 Å². The SMILES string of the molecule is CNC(=O)c1ccc(Oc2ccc(CN3CCC4(CC3)C(=O)N[C@H](CC3(O)CCCCC3)C(=O)N4CCCOC)cc2)cc1.Cl. The lowest BCUT2D eigenvalue weighted by atomic mass is 9.77. The number of nitrogens with zero attached hydrogens (tertiary/aromatic N) is 2. The fraction of sp³-hybridized carbons (Fsp3) is 0.559. The number of hydrogen-bond acceptors (Lipinski definition) is 7. The number of nitrogens with one attached hydrogen (secondary N) is 2. The summed E-state index contributed by atoms with van der Waals surface area (Å²) in [6, 6.07) is 14.2. The van der Waals surface area contributed by atoms with Crippen molar-refractivity contribution < 1.29 is 29.0 Å². The summed E-state index contributed by atoms with van der Waals surface area (Å²) < 4.78 is 11.2. The minimum absolute atomic E-state index is 0. The third kappa shape index (κ3) is 8.16. The number of likely N-dealkylation sites (tertiary alicyclic amines) is 1. The number of piperazine rings is 1. The number of hydrogen-bond donors (Lipinski definition) is 3. The molecule has 11 heteroatoms. The molecule has 2 saturated heterocycles. The standard InChI is InChI=1S/C34H46N4O6.ClH/c1-35-30(39)26-9-13-28(14-10-26)44-27-11-7-25(8-12-27)24-37-20-17-34(18-21-37)32(41)36-29(23-33(42)15-4-3-5-16-33)31(40)38(34)19-6-22-43-2;/h7-14,29,42H,3-6,15-24H2,1-2H3,(H,35,39)(H,36,41);1H/t29-;/m1./s1. The minimum atomic E-state index is -0.893. The molecule has 1 spiro atoms.